The van der Waals surface area contributed by atoms with E-state index in [9.17, 15) is 0 Å². The van der Waals surface area contributed by atoms with E-state index < -0.39 is 0 Å². The molecule has 0 saturated heterocycles. The fourth-order valence-electron chi connectivity index (χ4n) is 2.50. The molecule has 0 aliphatic carbocycles. The van der Waals surface area contributed by atoms with Crippen molar-refractivity contribution >= 4 is 34.0 Å². The Morgan fingerprint density at radius 1 is 0.800 bits per heavy atom. The topological polar surface area (TPSA) is 0 Å². The number of alkyl halides is 1. The van der Waals surface area contributed by atoms with Crippen molar-refractivity contribution in [1.29, 1.82) is 0 Å². The van der Waals surface area contributed by atoms with Crippen LogP contribution < -0.4 is 0 Å². The summed E-state index contributed by atoms with van der Waals surface area (Å²) in [5.74, 6) is 0. The molecule has 3 aromatic carbocycles. The maximum atomic E-state index is 6.56. The Balaban J connectivity index is 1.96. The fraction of sp³-hybridized carbons (Fsp3) is 0.111. The predicted octanol–water partition coefficient (Wildman–Crippen LogP) is 6.02. The number of halogens is 2. The van der Waals surface area contributed by atoms with E-state index in [0.717, 1.165) is 17.0 Å². The van der Waals surface area contributed by atoms with Crippen molar-refractivity contribution in [3.05, 3.63) is 82.9 Å². The van der Waals surface area contributed by atoms with E-state index in [4.69, 9.17) is 23.2 Å². The largest absolute Gasteiger partial charge is 0.117 e. The van der Waals surface area contributed by atoms with Gasteiger partial charge in [0.15, 0.2) is 0 Å². The molecule has 1 unspecified atom stereocenters. The highest BCUT2D eigenvalue weighted by Gasteiger charge is 2.13. The summed E-state index contributed by atoms with van der Waals surface area (Å²) in [4.78, 5) is 0. The minimum atomic E-state index is -0.116. The van der Waals surface area contributed by atoms with Crippen molar-refractivity contribution in [1.82, 2.24) is 0 Å². The maximum Gasteiger partial charge on any atom is 0.0640 e. The zero-order valence-corrected chi connectivity index (χ0v) is 12.4. The van der Waals surface area contributed by atoms with Crippen molar-refractivity contribution < 1.29 is 0 Å². The van der Waals surface area contributed by atoms with Gasteiger partial charge in [-0.1, -0.05) is 72.3 Å². The highest BCUT2D eigenvalue weighted by molar-refractivity contribution is 6.32. The minimum Gasteiger partial charge on any atom is -0.117 e. The first-order valence-corrected chi connectivity index (χ1v) is 7.42. The zero-order chi connectivity index (χ0) is 13.9. The molecule has 0 spiro atoms. The molecule has 2 heteroatoms. The van der Waals surface area contributed by atoms with Gasteiger partial charge in [-0.15, -0.1) is 11.6 Å². The summed E-state index contributed by atoms with van der Waals surface area (Å²) < 4.78 is 0. The second-order valence-corrected chi connectivity index (χ2v) is 5.77. The summed E-state index contributed by atoms with van der Waals surface area (Å²) in [6.07, 6.45) is 0.770. The molecule has 0 saturated carbocycles. The molecule has 20 heavy (non-hydrogen) atoms. The zero-order valence-electron chi connectivity index (χ0n) is 10.9. The first-order valence-electron chi connectivity index (χ1n) is 6.61. The Morgan fingerprint density at radius 3 is 2.35 bits per heavy atom. The minimum absolute atomic E-state index is 0.116. The molecule has 0 aliphatic heterocycles. The summed E-state index contributed by atoms with van der Waals surface area (Å²) in [6, 6.07) is 22.5. The number of hydrogen-bond acceptors (Lipinski definition) is 0. The average Bonchev–Trinajstić information content (AvgIpc) is 2.48. The van der Waals surface area contributed by atoms with Crippen molar-refractivity contribution in [2.75, 3.05) is 0 Å². The van der Waals surface area contributed by atoms with Crippen LogP contribution in [0.4, 0.5) is 0 Å². The van der Waals surface area contributed by atoms with Gasteiger partial charge in [0.05, 0.1) is 5.38 Å². The Bertz CT molecular complexity index is 729. The van der Waals surface area contributed by atoms with Gasteiger partial charge in [-0.2, -0.15) is 0 Å². The van der Waals surface area contributed by atoms with Crippen LogP contribution >= 0.6 is 23.2 Å². The van der Waals surface area contributed by atoms with Crippen LogP contribution in [0.2, 0.25) is 5.02 Å². The Hall–Kier alpha value is -1.50. The van der Waals surface area contributed by atoms with Crippen LogP contribution in [0.3, 0.4) is 0 Å². The number of fused-ring (bicyclic) bond motifs is 1. The first kappa shape index (κ1) is 13.5. The fourth-order valence-corrected chi connectivity index (χ4v) is 3.18. The molecule has 0 nitrogen and oxygen atoms in total. The van der Waals surface area contributed by atoms with Crippen LogP contribution in [-0.2, 0) is 6.42 Å². The van der Waals surface area contributed by atoms with Gasteiger partial charge in [0.1, 0.15) is 0 Å². The highest BCUT2D eigenvalue weighted by atomic mass is 35.5. The monoisotopic (exact) mass is 300 g/mol. The summed E-state index contributed by atoms with van der Waals surface area (Å²) in [7, 11) is 0. The lowest BCUT2D eigenvalue weighted by atomic mass is 9.98. The smallest absolute Gasteiger partial charge is 0.0640 e. The van der Waals surface area contributed by atoms with E-state index in [1.807, 2.05) is 24.3 Å². The second kappa shape index (κ2) is 5.87. The normalized spacial score (nSPS) is 12.5. The second-order valence-electron chi connectivity index (χ2n) is 4.83. The van der Waals surface area contributed by atoms with Crippen LogP contribution in [0.5, 0.6) is 0 Å². The summed E-state index contributed by atoms with van der Waals surface area (Å²) in [5, 5.41) is 3.11. The van der Waals surface area contributed by atoms with Gasteiger partial charge in [-0.05, 0) is 34.4 Å². The predicted molar refractivity (Wildman–Crippen MR) is 87.7 cm³/mol. The van der Waals surface area contributed by atoms with E-state index >= 15 is 0 Å². The van der Waals surface area contributed by atoms with Gasteiger partial charge in [0.25, 0.3) is 0 Å². The molecule has 0 radical (unpaired) electrons. The maximum absolute atomic E-state index is 6.56. The molecule has 3 aromatic rings. The number of rotatable bonds is 3. The van der Waals surface area contributed by atoms with E-state index in [2.05, 4.69) is 42.5 Å². The lowest BCUT2D eigenvalue weighted by Gasteiger charge is -2.13. The van der Waals surface area contributed by atoms with Gasteiger partial charge in [-0.25, -0.2) is 0 Å². The van der Waals surface area contributed by atoms with Gasteiger partial charge in [0.2, 0.25) is 0 Å². The quantitative estimate of drug-likeness (QED) is 0.519. The molecule has 1 atom stereocenters. The Kier molecular flexibility index (Phi) is 3.95. The van der Waals surface area contributed by atoms with Crippen LogP contribution in [0.25, 0.3) is 10.8 Å². The lowest BCUT2D eigenvalue weighted by Crippen LogP contribution is -1.97. The summed E-state index contributed by atoms with van der Waals surface area (Å²) in [6.45, 7) is 0. The molecular formula is C18H14Cl2. The van der Waals surface area contributed by atoms with Crippen LogP contribution in [0.15, 0.2) is 66.7 Å². The standard InChI is InChI=1S/C18H14Cl2/c19-17-11-4-3-10-16(17)18(20)12-14-8-5-7-13-6-1-2-9-15(13)14/h1-11,18H,12H2. The van der Waals surface area contributed by atoms with Gasteiger partial charge in [0, 0.05) is 5.02 Å². The van der Waals surface area contributed by atoms with Gasteiger partial charge >= 0.3 is 0 Å². The Labute approximate surface area is 129 Å². The van der Waals surface area contributed by atoms with Crippen molar-refractivity contribution in [3.63, 3.8) is 0 Å². The van der Waals surface area contributed by atoms with E-state index in [0.29, 0.717) is 0 Å². The Morgan fingerprint density at radius 2 is 1.50 bits per heavy atom. The van der Waals surface area contributed by atoms with Gasteiger partial charge < -0.3 is 0 Å². The molecule has 100 valence electrons. The van der Waals surface area contributed by atoms with E-state index in [1.165, 1.54) is 16.3 Å². The van der Waals surface area contributed by atoms with Crippen LogP contribution in [-0.4, -0.2) is 0 Å². The molecular weight excluding hydrogens is 287 g/mol. The molecule has 0 fully saturated rings. The van der Waals surface area contributed by atoms with Crippen molar-refractivity contribution in [2.45, 2.75) is 11.8 Å². The van der Waals surface area contributed by atoms with Crippen LogP contribution in [0, 0.1) is 0 Å². The molecule has 3 rings (SSSR count). The molecule has 0 N–H and O–H groups in total. The summed E-state index contributed by atoms with van der Waals surface area (Å²) >= 11 is 12.8. The van der Waals surface area contributed by atoms with Crippen molar-refractivity contribution in [2.24, 2.45) is 0 Å². The van der Waals surface area contributed by atoms with E-state index in [-0.39, 0.29) is 5.38 Å². The van der Waals surface area contributed by atoms with Crippen LogP contribution in [0.1, 0.15) is 16.5 Å². The number of benzene rings is 3. The highest BCUT2D eigenvalue weighted by Crippen LogP contribution is 2.32. The molecule has 0 aliphatic rings. The molecule has 0 heterocycles. The van der Waals surface area contributed by atoms with E-state index in [1.54, 1.807) is 0 Å². The summed E-state index contributed by atoms with van der Waals surface area (Å²) in [5.41, 5.74) is 2.24. The third-order valence-electron chi connectivity index (χ3n) is 3.52. The molecule has 0 aromatic heterocycles. The molecule has 0 bridgehead atoms. The van der Waals surface area contributed by atoms with Gasteiger partial charge in [-0.3, -0.25) is 0 Å². The average molecular weight is 301 g/mol. The molecule has 0 amide bonds. The van der Waals surface area contributed by atoms with Crippen molar-refractivity contribution in [3.8, 4) is 0 Å². The number of hydrogen-bond donors (Lipinski definition) is 0. The third kappa shape index (κ3) is 2.67. The lowest BCUT2D eigenvalue weighted by molar-refractivity contribution is 0.928. The first-order chi connectivity index (χ1) is 9.75. The SMILES string of the molecule is Clc1ccccc1C(Cl)Cc1cccc2ccccc12. The third-order valence-corrected chi connectivity index (χ3v) is 4.26.